The Bertz CT molecular complexity index is 727. The Labute approximate surface area is 161 Å². The van der Waals surface area contributed by atoms with Crippen LogP contribution >= 0.6 is 0 Å². The van der Waals surface area contributed by atoms with Crippen LogP contribution in [0.15, 0.2) is 54.6 Å². The molecule has 27 heavy (non-hydrogen) atoms. The quantitative estimate of drug-likeness (QED) is 0.675. The third kappa shape index (κ3) is 5.37. The maximum absolute atomic E-state index is 13.1. The van der Waals surface area contributed by atoms with E-state index in [2.05, 4.69) is 29.6 Å². The summed E-state index contributed by atoms with van der Waals surface area (Å²) < 4.78 is 13.1. The SMILES string of the molecule is C[C@H](C(=O)N[C@H](C)c1ccc(F)cc1)[NH+]1CC[NH+](Cc2ccccc2)CC1. The van der Waals surface area contributed by atoms with Gasteiger partial charge in [0.05, 0.1) is 6.04 Å². The Balaban J connectivity index is 1.47. The van der Waals surface area contributed by atoms with Crippen molar-refractivity contribution < 1.29 is 19.0 Å². The molecule has 1 aliphatic rings. The molecule has 0 spiro atoms. The van der Waals surface area contributed by atoms with Crippen molar-refractivity contribution in [1.29, 1.82) is 0 Å². The summed E-state index contributed by atoms with van der Waals surface area (Å²) in [5.74, 6) is -0.195. The van der Waals surface area contributed by atoms with Crippen molar-refractivity contribution in [3.63, 3.8) is 0 Å². The summed E-state index contributed by atoms with van der Waals surface area (Å²) in [6.07, 6.45) is 0. The van der Waals surface area contributed by atoms with E-state index < -0.39 is 0 Å². The molecule has 0 aromatic heterocycles. The molecule has 0 bridgehead atoms. The number of quaternary nitrogens is 2. The summed E-state index contributed by atoms with van der Waals surface area (Å²) in [7, 11) is 0. The zero-order chi connectivity index (χ0) is 19.2. The molecule has 0 aliphatic carbocycles. The number of rotatable bonds is 6. The molecule has 0 radical (unpaired) electrons. The molecule has 4 nitrogen and oxygen atoms in total. The maximum Gasteiger partial charge on any atom is 0.278 e. The molecule has 2 aromatic carbocycles. The molecule has 3 N–H and O–H groups in total. The van der Waals surface area contributed by atoms with Crippen molar-refractivity contribution in [2.24, 2.45) is 0 Å². The predicted molar refractivity (Wildman–Crippen MR) is 104 cm³/mol. The Morgan fingerprint density at radius 3 is 2.26 bits per heavy atom. The van der Waals surface area contributed by atoms with Crippen molar-refractivity contribution >= 4 is 5.91 Å². The van der Waals surface area contributed by atoms with Gasteiger partial charge in [0, 0.05) is 5.56 Å². The van der Waals surface area contributed by atoms with Crippen LogP contribution in [0.2, 0.25) is 0 Å². The number of benzene rings is 2. The summed E-state index contributed by atoms with van der Waals surface area (Å²) >= 11 is 0. The summed E-state index contributed by atoms with van der Waals surface area (Å²) in [5.41, 5.74) is 2.29. The molecular formula is C22H30FN3O+2. The zero-order valence-electron chi connectivity index (χ0n) is 16.2. The van der Waals surface area contributed by atoms with Crippen molar-refractivity contribution in [2.45, 2.75) is 32.5 Å². The predicted octanol–water partition coefficient (Wildman–Crippen LogP) is 0.375. The fourth-order valence-corrected chi connectivity index (χ4v) is 3.78. The molecule has 0 saturated carbocycles. The van der Waals surface area contributed by atoms with Crippen LogP contribution in [0.5, 0.6) is 0 Å². The average molecular weight is 372 g/mol. The molecule has 144 valence electrons. The van der Waals surface area contributed by atoms with Crippen LogP contribution in [-0.4, -0.2) is 38.1 Å². The van der Waals surface area contributed by atoms with Gasteiger partial charge in [0.2, 0.25) is 0 Å². The first-order valence-electron chi connectivity index (χ1n) is 9.81. The van der Waals surface area contributed by atoms with E-state index in [0.717, 1.165) is 38.3 Å². The number of carbonyl (C=O) groups is 1. The van der Waals surface area contributed by atoms with Crippen LogP contribution < -0.4 is 15.1 Å². The van der Waals surface area contributed by atoms with E-state index in [0.29, 0.717) is 0 Å². The zero-order valence-corrected chi connectivity index (χ0v) is 16.2. The van der Waals surface area contributed by atoms with Gasteiger partial charge in [-0.15, -0.1) is 0 Å². The maximum atomic E-state index is 13.1. The average Bonchev–Trinajstić information content (AvgIpc) is 2.69. The van der Waals surface area contributed by atoms with Gasteiger partial charge in [-0.1, -0.05) is 42.5 Å². The number of nitrogens with one attached hydrogen (secondary N) is 3. The van der Waals surface area contributed by atoms with Gasteiger partial charge in [0.15, 0.2) is 6.04 Å². The lowest BCUT2D eigenvalue weighted by Crippen LogP contribution is -3.29. The molecule has 1 amide bonds. The summed E-state index contributed by atoms with van der Waals surface area (Å²) in [5, 5.41) is 3.07. The second kappa shape index (κ2) is 9.11. The molecule has 1 heterocycles. The van der Waals surface area contributed by atoms with Crippen LogP contribution in [-0.2, 0) is 11.3 Å². The highest BCUT2D eigenvalue weighted by molar-refractivity contribution is 5.80. The minimum atomic E-state index is -0.258. The van der Waals surface area contributed by atoms with Crippen LogP contribution in [0.4, 0.5) is 4.39 Å². The smallest absolute Gasteiger partial charge is 0.278 e. The molecule has 3 rings (SSSR count). The van der Waals surface area contributed by atoms with Crippen LogP contribution in [0, 0.1) is 5.82 Å². The lowest BCUT2D eigenvalue weighted by molar-refractivity contribution is -1.02. The summed E-state index contributed by atoms with van der Waals surface area (Å²) in [4.78, 5) is 15.6. The highest BCUT2D eigenvalue weighted by atomic mass is 19.1. The first-order chi connectivity index (χ1) is 13.0. The summed E-state index contributed by atoms with van der Waals surface area (Å²) in [6.45, 7) is 9.16. The van der Waals surface area contributed by atoms with Gasteiger partial charge in [-0.2, -0.15) is 0 Å². The van der Waals surface area contributed by atoms with E-state index in [9.17, 15) is 9.18 Å². The number of amides is 1. The second-order valence-electron chi connectivity index (χ2n) is 7.57. The second-order valence-corrected chi connectivity index (χ2v) is 7.57. The van der Waals surface area contributed by atoms with Gasteiger partial charge in [-0.3, -0.25) is 4.79 Å². The van der Waals surface area contributed by atoms with Gasteiger partial charge in [-0.25, -0.2) is 4.39 Å². The number of halogens is 1. The van der Waals surface area contributed by atoms with E-state index in [1.165, 1.54) is 22.6 Å². The van der Waals surface area contributed by atoms with Gasteiger partial charge in [0.25, 0.3) is 5.91 Å². The monoisotopic (exact) mass is 371 g/mol. The van der Waals surface area contributed by atoms with Crippen molar-refractivity contribution in [3.05, 3.63) is 71.5 Å². The fourth-order valence-electron chi connectivity index (χ4n) is 3.78. The third-order valence-electron chi connectivity index (χ3n) is 5.63. The van der Waals surface area contributed by atoms with Crippen molar-refractivity contribution in [3.8, 4) is 0 Å². The Hall–Kier alpha value is -2.24. The highest BCUT2D eigenvalue weighted by Crippen LogP contribution is 2.12. The fraction of sp³-hybridized carbons (Fsp3) is 0.409. The lowest BCUT2D eigenvalue weighted by atomic mass is 10.1. The van der Waals surface area contributed by atoms with E-state index in [-0.39, 0.29) is 23.8 Å². The van der Waals surface area contributed by atoms with Gasteiger partial charge < -0.3 is 15.1 Å². The van der Waals surface area contributed by atoms with Gasteiger partial charge in [-0.05, 0) is 31.5 Å². The molecule has 1 saturated heterocycles. The number of hydrogen-bond acceptors (Lipinski definition) is 1. The lowest BCUT2D eigenvalue weighted by Gasteiger charge is -2.33. The van der Waals surface area contributed by atoms with E-state index in [4.69, 9.17) is 0 Å². The molecular weight excluding hydrogens is 341 g/mol. The normalized spacial score (nSPS) is 22.0. The molecule has 5 heteroatoms. The molecule has 1 fully saturated rings. The molecule has 2 atom stereocenters. The standard InChI is InChI=1S/C22H28FN3O/c1-17(20-8-10-21(23)11-9-20)24-22(27)18(2)26-14-12-25(13-15-26)16-19-6-4-3-5-7-19/h3-11,17-18H,12-16H2,1-2H3,(H,24,27)/p+2/t17-,18-/m1/s1. The van der Waals surface area contributed by atoms with Gasteiger partial charge >= 0.3 is 0 Å². The topological polar surface area (TPSA) is 38.0 Å². The third-order valence-corrected chi connectivity index (χ3v) is 5.63. The molecule has 1 aliphatic heterocycles. The summed E-state index contributed by atoms with van der Waals surface area (Å²) in [6, 6.07) is 16.7. The van der Waals surface area contributed by atoms with Crippen molar-refractivity contribution in [1.82, 2.24) is 5.32 Å². The Morgan fingerprint density at radius 2 is 1.63 bits per heavy atom. The van der Waals surface area contributed by atoms with E-state index >= 15 is 0 Å². The Morgan fingerprint density at radius 1 is 1.00 bits per heavy atom. The number of hydrogen-bond donors (Lipinski definition) is 3. The minimum Gasteiger partial charge on any atom is -0.344 e. The number of carbonyl (C=O) groups excluding carboxylic acids is 1. The molecule has 2 aromatic rings. The van der Waals surface area contributed by atoms with Gasteiger partial charge in [0.1, 0.15) is 38.5 Å². The van der Waals surface area contributed by atoms with E-state index in [1.54, 1.807) is 17.0 Å². The first-order valence-corrected chi connectivity index (χ1v) is 9.81. The van der Waals surface area contributed by atoms with Crippen LogP contribution in [0.1, 0.15) is 31.0 Å². The molecule has 0 unspecified atom stereocenters. The highest BCUT2D eigenvalue weighted by Gasteiger charge is 2.31. The first kappa shape index (κ1) is 19.5. The van der Waals surface area contributed by atoms with E-state index in [1.807, 2.05) is 19.9 Å². The minimum absolute atomic E-state index is 0.0633. The van der Waals surface area contributed by atoms with Crippen molar-refractivity contribution in [2.75, 3.05) is 26.2 Å². The number of piperazine rings is 1. The van der Waals surface area contributed by atoms with Crippen LogP contribution in [0.3, 0.4) is 0 Å². The largest absolute Gasteiger partial charge is 0.344 e. The Kier molecular flexibility index (Phi) is 6.58. The van der Waals surface area contributed by atoms with Crippen LogP contribution in [0.25, 0.3) is 0 Å².